The minimum absolute atomic E-state index is 0.0796. The molecular weight excluding hydrogens is 438 g/mol. The molecule has 0 aromatic heterocycles. The molecule has 12 N–H and O–H groups in total. The van der Waals surface area contributed by atoms with Crippen LogP contribution in [0.1, 0.15) is 34.8 Å². The summed E-state index contributed by atoms with van der Waals surface area (Å²) < 4.78 is 0. The summed E-state index contributed by atoms with van der Waals surface area (Å²) in [7, 11) is 0. The van der Waals surface area contributed by atoms with Gasteiger partial charge in [0.05, 0.1) is 5.69 Å². The molecule has 12 heteroatoms. The number of rotatable bonds is 11. The minimum Gasteiger partial charge on any atom is -0.370 e. The molecule has 2 atom stereocenters. The number of carbonyl (C=O) groups excluding carboxylic acids is 3. The average Bonchev–Trinajstić information content (AvgIpc) is 2.79. The van der Waals surface area contributed by atoms with Gasteiger partial charge in [-0.05, 0) is 42.7 Å². The first-order chi connectivity index (χ1) is 16.2. The van der Waals surface area contributed by atoms with Crippen LogP contribution in [-0.2, 0) is 9.59 Å². The van der Waals surface area contributed by atoms with Gasteiger partial charge >= 0.3 is 0 Å². The van der Waals surface area contributed by atoms with Crippen molar-refractivity contribution in [3.63, 3.8) is 0 Å². The summed E-state index contributed by atoms with van der Waals surface area (Å²) in [5.74, 6) is -2.11. The predicted molar refractivity (Wildman–Crippen MR) is 130 cm³/mol. The Hall–Kier alpha value is -4.61. The molecular formula is C22H29N9O3. The number of amides is 3. The maximum atomic E-state index is 13.2. The van der Waals surface area contributed by atoms with Crippen molar-refractivity contribution in [2.75, 3.05) is 6.54 Å². The second-order valence-corrected chi connectivity index (χ2v) is 7.32. The van der Waals surface area contributed by atoms with Gasteiger partial charge in [-0.2, -0.15) is 0 Å². The number of primary amides is 1. The number of benzene rings is 2. The molecule has 0 heterocycles. The van der Waals surface area contributed by atoms with E-state index in [-0.39, 0.29) is 24.9 Å². The minimum atomic E-state index is -1.17. The normalized spacial score (nSPS) is 12.0. The van der Waals surface area contributed by atoms with E-state index >= 15 is 0 Å². The number of nitrogens with one attached hydrogen (secondary N) is 2. The third-order valence-corrected chi connectivity index (χ3v) is 4.64. The van der Waals surface area contributed by atoms with Gasteiger partial charge in [0, 0.05) is 12.1 Å². The van der Waals surface area contributed by atoms with Crippen molar-refractivity contribution in [3.05, 3.63) is 65.7 Å². The Bertz CT molecular complexity index is 1060. The highest BCUT2D eigenvalue weighted by Crippen LogP contribution is 2.21. The van der Waals surface area contributed by atoms with Gasteiger partial charge in [-0.25, -0.2) is 4.99 Å². The van der Waals surface area contributed by atoms with E-state index in [2.05, 4.69) is 20.6 Å². The van der Waals surface area contributed by atoms with E-state index < -0.39 is 29.8 Å². The van der Waals surface area contributed by atoms with Crippen LogP contribution in [0.2, 0.25) is 0 Å². The van der Waals surface area contributed by atoms with E-state index in [1.54, 1.807) is 54.6 Å². The van der Waals surface area contributed by atoms with E-state index in [1.807, 2.05) is 0 Å². The summed E-state index contributed by atoms with van der Waals surface area (Å²) in [4.78, 5) is 45.8. The van der Waals surface area contributed by atoms with E-state index in [1.165, 1.54) is 0 Å². The van der Waals surface area contributed by atoms with E-state index in [4.69, 9.17) is 28.7 Å². The fourth-order valence-electron chi connectivity index (χ4n) is 3.07. The zero-order valence-electron chi connectivity index (χ0n) is 18.5. The van der Waals surface area contributed by atoms with E-state index in [9.17, 15) is 14.4 Å². The SMILES string of the molecule is NC(=O)[C@H](CCCN=C(N)N)NC(=O)[C@@H](NC(=O)c1ccccc1)c1cccc(N=C(N)N)c1. The number of aliphatic imine (C=N–C) groups is 2. The summed E-state index contributed by atoms with van der Waals surface area (Å²) in [6.07, 6.45) is 0.595. The van der Waals surface area contributed by atoms with Crippen molar-refractivity contribution >= 4 is 35.3 Å². The van der Waals surface area contributed by atoms with Crippen molar-refractivity contribution in [3.8, 4) is 0 Å². The molecule has 0 spiro atoms. The van der Waals surface area contributed by atoms with Gasteiger partial charge in [0.25, 0.3) is 5.91 Å². The first-order valence-corrected chi connectivity index (χ1v) is 10.4. The summed E-state index contributed by atoms with van der Waals surface area (Å²) in [6, 6.07) is 12.6. The van der Waals surface area contributed by atoms with Gasteiger partial charge in [0.2, 0.25) is 11.8 Å². The molecule has 180 valence electrons. The molecule has 0 aliphatic heterocycles. The van der Waals surface area contributed by atoms with Crippen LogP contribution >= 0.6 is 0 Å². The lowest BCUT2D eigenvalue weighted by molar-refractivity contribution is -0.128. The molecule has 2 rings (SSSR count). The lowest BCUT2D eigenvalue weighted by atomic mass is 10.0. The monoisotopic (exact) mass is 467 g/mol. The Morgan fingerprint density at radius 1 is 0.853 bits per heavy atom. The van der Waals surface area contributed by atoms with Crippen molar-refractivity contribution in [1.29, 1.82) is 0 Å². The smallest absolute Gasteiger partial charge is 0.252 e. The van der Waals surface area contributed by atoms with Crippen molar-refractivity contribution in [2.24, 2.45) is 38.7 Å². The summed E-state index contributed by atoms with van der Waals surface area (Å²) in [5, 5.41) is 5.28. The molecule has 0 saturated carbocycles. The number of nitrogens with two attached hydrogens (primary N) is 5. The molecule has 0 saturated heterocycles. The van der Waals surface area contributed by atoms with Crippen LogP contribution in [0.25, 0.3) is 0 Å². The number of nitrogens with zero attached hydrogens (tertiary/aromatic N) is 2. The molecule has 12 nitrogen and oxygen atoms in total. The van der Waals surface area contributed by atoms with Crippen molar-refractivity contribution < 1.29 is 14.4 Å². The van der Waals surface area contributed by atoms with Gasteiger partial charge < -0.3 is 39.3 Å². The molecule has 0 aliphatic carbocycles. The van der Waals surface area contributed by atoms with Crippen LogP contribution in [0.15, 0.2) is 64.6 Å². The van der Waals surface area contributed by atoms with Crippen molar-refractivity contribution in [2.45, 2.75) is 24.9 Å². The Morgan fingerprint density at radius 2 is 1.56 bits per heavy atom. The fourth-order valence-corrected chi connectivity index (χ4v) is 3.07. The zero-order valence-corrected chi connectivity index (χ0v) is 18.5. The first-order valence-electron chi connectivity index (χ1n) is 10.4. The zero-order chi connectivity index (χ0) is 25.1. The van der Waals surface area contributed by atoms with Crippen LogP contribution < -0.4 is 39.3 Å². The Labute approximate surface area is 196 Å². The summed E-state index contributed by atoms with van der Waals surface area (Å²) in [5.41, 5.74) is 28.1. The van der Waals surface area contributed by atoms with Crippen molar-refractivity contribution in [1.82, 2.24) is 10.6 Å². The van der Waals surface area contributed by atoms with E-state index in [0.29, 0.717) is 23.2 Å². The molecule has 0 unspecified atom stereocenters. The van der Waals surface area contributed by atoms with Gasteiger partial charge in [0.1, 0.15) is 12.1 Å². The molecule has 0 radical (unpaired) electrons. The highest BCUT2D eigenvalue weighted by Gasteiger charge is 2.27. The van der Waals surface area contributed by atoms with E-state index in [0.717, 1.165) is 0 Å². The molecule has 2 aromatic rings. The fraction of sp³-hybridized carbons (Fsp3) is 0.227. The number of hydrogen-bond donors (Lipinski definition) is 7. The number of carbonyl (C=O) groups is 3. The van der Waals surface area contributed by atoms with Crippen LogP contribution in [0.5, 0.6) is 0 Å². The second-order valence-electron chi connectivity index (χ2n) is 7.32. The maximum Gasteiger partial charge on any atom is 0.252 e. The third kappa shape index (κ3) is 8.15. The second kappa shape index (κ2) is 12.4. The lowest BCUT2D eigenvalue weighted by Crippen LogP contribution is -2.49. The largest absolute Gasteiger partial charge is 0.370 e. The van der Waals surface area contributed by atoms with Gasteiger partial charge in [-0.3, -0.25) is 19.4 Å². The summed E-state index contributed by atoms with van der Waals surface area (Å²) >= 11 is 0. The number of guanidine groups is 2. The van der Waals surface area contributed by atoms with Crippen LogP contribution in [0.3, 0.4) is 0 Å². The number of hydrogen-bond acceptors (Lipinski definition) is 5. The predicted octanol–water partition coefficient (Wildman–Crippen LogP) is -0.914. The summed E-state index contributed by atoms with van der Waals surface area (Å²) in [6.45, 7) is 0.261. The van der Waals surface area contributed by atoms with Crippen LogP contribution in [-0.4, -0.2) is 42.2 Å². The Balaban J connectivity index is 2.29. The Morgan fingerprint density at radius 3 is 2.18 bits per heavy atom. The maximum absolute atomic E-state index is 13.2. The average molecular weight is 468 g/mol. The topological polar surface area (TPSA) is 230 Å². The highest BCUT2D eigenvalue weighted by atomic mass is 16.2. The Kier molecular flexibility index (Phi) is 9.38. The molecule has 0 aliphatic rings. The standard InChI is InChI=1S/C22H29N9O3/c23-18(32)16(10-5-11-28-21(24)25)30-20(34)17(31-19(33)13-6-2-1-3-7-13)14-8-4-9-15(12-14)29-22(26)27/h1-4,6-9,12,16-17H,5,10-11H2,(H2,23,32)(H,30,34)(H,31,33)(H4,24,25,28)(H4,26,27,29)/t16-,17-/m0/s1. The van der Waals surface area contributed by atoms with Gasteiger partial charge in [-0.1, -0.05) is 30.3 Å². The van der Waals surface area contributed by atoms with Crippen LogP contribution in [0.4, 0.5) is 5.69 Å². The van der Waals surface area contributed by atoms with Crippen LogP contribution in [0, 0.1) is 0 Å². The third-order valence-electron chi connectivity index (χ3n) is 4.64. The lowest BCUT2D eigenvalue weighted by Gasteiger charge is -2.22. The molecule has 0 bridgehead atoms. The van der Waals surface area contributed by atoms with Gasteiger partial charge in [0.15, 0.2) is 11.9 Å². The quantitative estimate of drug-likeness (QED) is 0.125. The molecule has 3 amide bonds. The van der Waals surface area contributed by atoms with Gasteiger partial charge in [-0.15, -0.1) is 0 Å². The molecule has 34 heavy (non-hydrogen) atoms. The molecule has 0 fully saturated rings. The molecule has 2 aromatic carbocycles. The first kappa shape index (κ1) is 25.6. The highest BCUT2D eigenvalue weighted by molar-refractivity contribution is 5.98.